The molecule has 2 heterocycles. The van der Waals surface area contributed by atoms with Gasteiger partial charge in [0.05, 0.1) is 0 Å². The summed E-state index contributed by atoms with van der Waals surface area (Å²) in [6, 6.07) is 63.3. The Morgan fingerprint density at radius 3 is 1.69 bits per heavy atom. The Hall–Kier alpha value is -5.47. The minimum atomic E-state index is 0. The van der Waals surface area contributed by atoms with Crippen LogP contribution >= 0.6 is 0 Å². The van der Waals surface area contributed by atoms with Gasteiger partial charge >= 0.3 is 0 Å². The number of hydrogen-bond donors (Lipinski definition) is 0. The van der Waals surface area contributed by atoms with Crippen molar-refractivity contribution in [3.63, 3.8) is 0 Å². The molecular weight excluding hydrogens is 797 g/mol. The number of aromatic nitrogens is 2. The van der Waals surface area contributed by atoms with Gasteiger partial charge in [-0.3, -0.25) is 0 Å². The molecule has 0 unspecified atom stereocenters. The molecule has 8 rings (SSSR count). The molecule has 51 heavy (non-hydrogen) atoms. The first-order chi connectivity index (χ1) is 24.4. The van der Waals surface area contributed by atoms with Crippen LogP contribution in [0, 0.1) is 12.1 Å². The molecule has 6 aromatic carbocycles. The Bertz CT molecular complexity index is 2320. The van der Waals surface area contributed by atoms with Gasteiger partial charge in [0, 0.05) is 32.5 Å². The zero-order valence-electron chi connectivity index (χ0n) is 29.0. The molecule has 0 saturated heterocycles. The number of benzene rings is 6. The number of rotatable bonds is 5. The molecule has 0 N–H and O–H groups in total. The number of hydrogen-bond acceptors (Lipinski definition) is 2. The van der Waals surface area contributed by atoms with Crippen molar-refractivity contribution in [2.45, 2.75) is 26.2 Å². The van der Waals surface area contributed by atoms with Crippen LogP contribution in [0.4, 0.5) is 0 Å². The summed E-state index contributed by atoms with van der Waals surface area (Å²) in [4.78, 5) is 9.10. The van der Waals surface area contributed by atoms with E-state index in [1.54, 1.807) is 0 Å². The molecule has 2 nitrogen and oxygen atoms in total. The first-order valence-electron chi connectivity index (χ1n) is 17.0. The standard InChI is InChI=1S/C25H22N.C23H16N.Ir/c1-25(2,3)23-13-11-18(12-14-23)19-9-6-10-21(15-19)24-16-20-7-4-5-8-22(20)17-26-24;1-3-7-18(8-4-1)19-11-13-20(14-12-19)22-15-16-24-23(17-22)21-9-5-2-6-10-21;/h4-9,11-17H,1-3H3;1-9,11-17H;/q2*-1;. The molecule has 251 valence electrons. The van der Waals surface area contributed by atoms with Gasteiger partial charge in [0.25, 0.3) is 0 Å². The van der Waals surface area contributed by atoms with Crippen LogP contribution in [0.1, 0.15) is 26.3 Å². The molecule has 0 atom stereocenters. The monoisotopic (exact) mass is 835 g/mol. The van der Waals surface area contributed by atoms with Gasteiger partial charge in [-0.1, -0.05) is 136 Å². The summed E-state index contributed by atoms with van der Waals surface area (Å²) in [5, 5.41) is 2.36. The summed E-state index contributed by atoms with van der Waals surface area (Å²) in [7, 11) is 0. The van der Waals surface area contributed by atoms with E-state index < -0.39 is 0 Å². The summed E-state index contributed by atoms with van der Waals surface area (Å²) >= 11 is 0. The largest absolute Gasteiger partial charge is 0.305 e. The van der Waals surface area contributed by atoms with Crippen molar-refractivity contribution in [2.24, 2.45) is 0 Å². The molecule has 0 bridgehead atoms. The average Bonchev–Trinajstić information content (AvgIpc) is 3.18. The van der Waals surface area contributed by atoms with Gasteiger partial charge in [-0.05, 0) is 67.0 Å². The van der Waals surface area contributed by atoms with Crippen molar-refractivity contribution < 1.29 is 20.1 Å². The molecule has 0 aliphatic carbocycles. The van der Waals surface area contributed by atoms with Crippen molar-refractivity contribution >= 4 is 10.8 Å². The molecule has 0 aliphatic heterocycles. The zero-order chi connectivity index (χ0) is 34.3. The molecule has 0 fully saturated rings. The first-order valence-corrected chi connectivity index (χ1v) is 17.0. The second-order valence-electron chi connectivity index (χ2n) is 13.4. The average molecular weight is 835 g/mol. The smallest absolute Gasteiger partial charge is 0.0239 e. The fourth-order valence-electron chi connectivity index (χ4n) is 5.98. The van der Waals surface area contributed by atoms with Crippen LogP contribution in [-0.2, 0) is 25.5 Å². The van der Waals surface area contributed by atoms with Crippen molar-refractivity contribution in [1.29, 1.82) is 0 Å². The third-order valence-electron chi connectivity index (χ3n) is 8.86. The van der Waals surface area contributed by atoms with E-state index in [1.807, 2.05) is 60.9 Å². The Balaban J connectivity index is 0.000000173. The fraction of sp³-hybridized carbons (Fsp3) is 0.0833. The maximum Gasteiger partial charge on any atom is 0.0239 e. The van der Waals surface area contributed by atoms with Crippen LogP contribution < -0.4 is 0 Å². The molecule has 0 spiro atoms. The van der Waals surface area contributed by atoms with Gasteiger partial charge in [0.15, 0.2) is 0 Å². The normalized spacial score (nSPS) is 10.9. The van der Waals surface area contributed by atoms with Gasteiger partial charge in [-0.2, -0.15) is 0 Å². The van der Waals surface area contributed by atoms with Crippen molar-refractivity contribution in [1.82, 2.24) is 9.97 Å². The van der Waals surface area contributed by atoms with Gasteiger partial charge in [-0.25, -0.2) is 0 Å². The van der Waals surface area contributed by atoms with Crippen molar-refractivity contribution in [3.8, 4) is 55.9 Å². The van der Waals surface area contributed by atoms with Crippen molar-refractivity contribution in [3.05, 3.63) is 194 Å². The van der Waals surface area contributed by atoms with E-state index in [9.17, 15) is 0 Å². The molecule has 0 saturated carbocycles. The van der Waals surface area contributed by atoms with Crippen LogP contribution in [0.5, 0.6) is 0 Å². The van der Waals surface area contributed by atoms with Crippen LogP contribution in [0.25, 0.3) is 66.7 Å². The molecule has 1 radical (unpaired) electrons. The van der Waals surface area contributed by atoms with E-state index in [2.05, 4.69) is 158 Å². The zero-order valence-corrected chi connectivity index (χ0v) is 31.4. The Labute approximate surface area is 315 Å². The molecule has 0 amide bonds. The predicted molar refractivity (Wildman–Crippen MR) is 210 cm³/mol. The fourth-order valence-corrected chi connectivity index (χ4v) is 5.98. The van der Waals surface area contributed by atoms with Gasteiger partial charge in [-0.15, -0.1) is 71.3 Å². The van der Waals surface area contributed by atoms with Crippen LogP contribution in [0.3, 0.4) is 0 Å². The van der Waals surface area contributed by atoms with E-state index in [0.29, 0.717) is 0 Å². The second-order valence-corrected chi connectivity index (χ2v) is 13.4. The Morgan fingerprint density at radius 2 is 1.00 bits per heavy atom. The Morgan fingerprint density at radius 1 is 0.431 bits per heavy atom. The number of nitrogens with zero attached hydrogens (tertiary/aromatic N) is 2. The van der Waals surface area contributed by atoms with E-state index in [4.69, 9.17) is 0 Å². The van der Waals surface area contributed by atoms with E-state index in [-0.39, 0.29) is 25.5 Å². The van der Waals surface area contributed by atoms with E-state index in [1.165, 1.54) is 38.8 Å². The van der Waals surface area contributed by atoms with E-state index in [0.717, 1.165) is 33.5 Å². The first kappa shape index (κ1) is 35.4. The summed E-state index contributed by atoms with van der Waals surface area (Å²) in [5.74, 6) is 0. The number of pyridine rings is 2. The van der Waals surface area contributed by atoms with Gasteiger partial charge in [0.1, 0.15) is 0 Å². The number of fused-ring (bicyclic) bond motifs is 1. The van der Waals surface area contributed by atoms with Crippen LogP contribution in [0.15, 0.2) is 176 Å². The summed E-state index contributed by atoms with van der Waals surface area (Å²) in [5.41, 5.74) is 12.7. The third kappa shape index (κ3) is 8.64. The molecule has 2 aromatic heterocycles. The maximum atomic E-state index is 4.63. The quantitative estimate of drug-likeness (QED) is 0.161. The summed E-state index contributed by atoms with van der Waals surface area (Å²) in [6.45, 7) is 6.72. The summed E-state index contributed by atoms with van der Waals surface area (Å²) in [6.07, 6.45) is 3.79. The van der Waals surface area contributed by atoms with E-state index >= 15 is 0 Å². The van der Waals surface area contributed by atoms with Crippen LogP contribution in [0.2, 0.25) is 0 Å². The second kappa shape index (κ2) is 16.0. The molecule has 3 heteroatoms. The molecule has 8 aromatic rings. The maximum absolute atomic E-state index is 4.63. The molecular formula is C48H38IrN2-2. The SMILES string of the molecule is CC(C)(C)c1ccc(-c2cc[c-]c(-c3cc4ccccc4cn3)c2)cc1.[Ir].[c-]1ccccc1-c1cc(-c2ccc(-c3ccccc3)cc2)ccn1. The predicted octanol–water partition coefficient (Wildman–Crippen LogP) is 12.5. The molecule has 0 aliphatic rings. The Kier molecular flexibility index (Phi) is 11.1. The van der Waals surface area contributed by atoms with Crippen LogP contribution in [-0.4, -0.2) is 9.97 Å². The summed E-state index contributed by atoms with van der Waals surface area (Å²) < 4.78 is 0. The third-order valence-corrected chi connectivity index (χ3v) is 8.86. The topological polar surface area (TPSA) is 25.8 Å². The van der Waals surface area contributed by atoms with Crippen molar-refractivity contribution in [2.75, 3.05) is 0 Å². The van der Waals surface area contributed by atoms with Gasteiger partial charge in [0.2, 0.25) is 0 Å². The van der Waals surface area contributed by atoms with Gasteiger partial charge < -0.3 is 9.97 Å². The minimum absolute atomic E-state index is 0. The minimum Gasteiger partial charge on any atom is -0.305 e.